The van der Waals surface area contributed by atoms with Crippen molar-refractivity contribution in [2.24, 2.45) is 50.7 Å². The van der Waals surface area contributed by atoms with Crippen molar-refractivity contribution in [3.8, 4) is 0 Å². The lowest BCUT2D eigenvalue weighted by Crippen LogP contribution is -2.66. The Balaban J connectivity index is 1.65. The second-order valence-electron chi connectivity index (χ2n) is 14.2. The summed E-state index contributed by atoms with van der Waals surface area (Å²) in [5.74, 6) is 1.54. The molecule has 0 aromatic rings. The molecular formula is C29H42O3. The standard InChI is InChI=1S/C29H42O3/c1-25(2)11-8-17-18(15-25)19-14-20(30)24-27(5)12-10-23(32)26(3,4)22(27)9-13-28(24,6)29(19,7)16-21(17)31/h14,17-18,22,24H,8-13,15-16H2,1-7H3/t17-,18-,22+,24-,27+,28-,29-/m1/s1. The Bertz CT molecular complexity index is 938. The van der Waals surface area contributed by atoms with Crippen LogP contribution in [-0.2, 0) is 14.4 Å². The van der Waals surface area contributed by atoms with Gasteiger partial charge in [0.05, 0.1) is 0 Å². The number of allylic oxidation sites excluding steroid dienone is 2. The first kappa shape index (κ1) is 22.5. The molecule has 5 aliphatic rings. The fourth-order valence-electron chi connectivity index (χ4n) is 9.81. The molecule has 0 aromatic heterocycles. The summed E-state index contributed by atoms with van der Waals surface area (Å²) >= 11 is 0. The lowest BCUT2D eigenvalue weighted by molar-refractivity contribution is -0.186. The molecule has 4 saturated carbocycles. The molecule has 0 saturated heterocycles. The Labute approximate surface area is 194 Å². The van der Waals surface area contributed by atoms with Gasteiger partial charge >= 0.3 is 0 Å². The van der Waals surface area contributed by atoms with E-state index in [1.807, 2.05) is 6.08 Å². The molecule has 5 rings (SSSR count). The van der Waals surface area contributed by atoms with Crippen LogP contribution in [0.1, 0.15) is 99.8 Å². The molecule has 0 radical (unpaired) electrons. The number of carbonyl (C=O) groups excluding carboxylic acids is 3. The smallest absolute Gasteiger partial charge is 0.159 e. The highest BCUT2D eigenvalue weighted by molar-refractivity contribution is 5.98. The molecule has 0 heterocycles. The summed E-state index contributed by atoms with van der Waals surface area (Å²) in [5, 5.41) is 0. The maximum absolute atomic E-state index is 14.1. The van der Waals surface area contributed by atoms with Crippen LogP contribution in [0.15, 0.2) is 11.6 Å². The minimum absolute atomic E-state index is 0.101. The molecule has 0 aliphatic heterocycles. The molecule has 0 N–H and O–H groups in total. The van der Waals surface area contributed by atoms with Crippen molar-refractivity contribution >= 4 is 17.3 Å². The first-order valence-corrected chi connectivity index (χ1v) is 13.0. The van der Waals surface area contributed by atoms with Crippen molar-refractivity contribution in [3.63, 3.8) is 0 Å². The third-order valence-corrected chi connectivity index (χ3v) is 11.7. The molecule has 5 aliphatic carbocycles. The topological polar surface area (TPSA) is 51.2 Å². The van der Waals surface area contributed by atoms with Gasteiger partial charge in [0.25, 0.3) is 0 Å². The molecule has 3 heteroatoms. The third-order valence-electron chi connectivity index (χ3n) is 11.7. The van der Waals surface area contributed by atoms with E-state index in [1.165, 1.54) is 5.57 Å². The molecule has 3 nitrogen and oxygen atoms in total. The Morgan fingerprint density at radius 1 is 0.844 bits per heavy atom. The van der Waals surface area contributed by atoms with E-state index in [9.17, 15) is 14.4 Å². The number of rotatable bonds is 0. The average molecular weight is 439 g/mol. The average Bonchev–Trinajstić information content (AvgIpc) is 2.66. The van der Waals surface area contributed by atoms with Crippen LogP contribution >= 0.6 is 0 Å². The van der Waals surface area contributed by atoms with Crippen LogP contribution in [0.5, 0.6) is 0 Å². The van der Waals surface area contributed by atoms with Gasteiger partial charge in [0.15, 0.2) is 5.78 Å². The predicted octanol–water partition coefficient (Wildman–Crippen LogP) is 6.35. The van der Waals surface area contributed by atoms with Crippen molar-refractivity contribution < 1.29 is 14.4 Å². The summed E-state index contributed by atoms with van der Waals surface area (Å²) in [6.07, 6.45) is 8.98. The van der Waals surface area contributed by atoms with Crippen LogP contribution in [-0.4, -0.2) is 17.3 Å². The van der Waals surface area contributed by atoms with Crippen molar-refractivity contribution in [2.45, 2.75) is 99.8 Å². The van der Waals surface area contributed by atoms with E-state index >= 15 is 0 Å². The van der Waals surface area contributed by atoms with Crippen LogP contribution in [0.25, 0.3) is 0 Å². The summed E-state index contributed by atoms with van der Waals surface area (Å²) in [6, 6.07) is 0. The van der Waals surface area contributed by atoms with Crippen molar-refractivity contribution in [3.05, 3.63) is 11.6 Å². The quantitative estimate of drug-likeness (QED) is 0.443. The van der Waals surface area contributed by atoms with Crippen molar-refractivity contribution in [1.29, 1.82) is 0 Å². The maximum atomic E-state index is 14.1. The van der Waals surface area contributed by atoms with E-state index in [0.29, 0.717) is 24.4 Å². The fourth-order valence-corrected chi connectivity index (χ4v) is 9.81. The van der Waals surface area contributed by atoms with Crippen LogP contribution in [0.3, 0.4) is 0 Å². The Morgan fingerprint density at radius 2 is 1.53 bits per heavy atom. The second-order valence-corrected chi connectivity index (χ2v) is 14.2. The Hall–Kier alpha value is -1.25. The van der Waals surface area contributed by atoms with E-state index in [2.05, 4.69) is 48.5 Å². The lowest BCUT2D eigenvalue weighted by atomic mass is 9.34. The van der Waals surface area contributed by atoms with E-state index in [0.717, 1.165) is 38.5 Å². The minimum atomic E-state index is -0.375. The molecule has 0 aromatic carbocycles. The van der Waals surface area contributed by atoms with Crippen LogP contribution in [0.4, 0.5) is 0 Å². The maximum Gasteiger partial charge on any atom is 0.159 e. The summed E-state index contributed by atoms with van der Waals surface area (Å²) in [6.45, 7) is 15.8. The summed E-state index contributed by atoms with van der Waals surface area (Å²) in [5.41, 5.74) is 0.485. The first-order chi connectivity index (χ1) is 14.7. The zero-order valence-electron chi connectivity index (χ0n) is 21.3. The minimum Gasteiger partial charge on any atom is -0.299 e. The molecule has 0 spiro atoms. The molecule has 0 bridgehead atoms. The van der Waals surface area contributed by atoms with Crippen molar-refractivity contribution in [1.82, 2.24) is 0 Å². The molecule has 7 atom stereocenters. The van der Waals surface area contributed by atoms with Gasteiger partial charge in [-0.25, -0.2) is 0 Å². The van der Waals surface area contributed by atoms with Gasteiger partial charge in [-0.15, -0.1) is 0 Å². The molecule has 0 amide bonds. The Morgan fingerprint density at radius 3 is 2.22 bits per heavy atom. The number of Topliss-reactive ketones (excluding diaryl/α,β-unsaturated/α-hetero) is 2. The highest BCUT2D eigenvalue weighted by Crippen LogP contribution is 2.73. The number of ketones is 3. The highest BCUT2D eigenvalue weighted by atomic mass is 16.1. The Kier molecular flexibility index (Phi) is 4.54. The number of carbonyl (C=O) groups is 3. The van der Waals surface area contributed by atoms with Gasteiger partial charge in [0.1, 0.15) is 11.6 Å². The zero-order valence-corrected chi connectivity index (χ0v) is 21.3. The molecular weight excluding hydrogens is 396 g/mol. The number of hydrogen-bond acceptors (Lipinski definition) is 3. The summed E-state index contributed by atoms with van der Waals surface area (Å²) in [4.78, 5) is 40.4. The molecule has 32 heavy (non-hydrogen) atoms. The van der Waals surface area contributed by atoms with E-state index < -0.39 is 0 Å². The van der Waals surface area contributed by atoms with Gasteiger partial charge < -0.3 is 0 Å². The van der Waals surface area contributed by atoms with E-state index in [1.54, 1.807) is 0 Å². The third kappa shape index (κ3) is 2.63. The van der Waals surface area contributed by atoms with E-state index in [-0.39, 0.29) is 56.5 Å². The van der Waals surface area contributed by atoms with Crippen LogP contribution in [0, 0.1) is 50.7 Å². The monoisotopic (exact) mass is 438 g/mol. The highest BCUT2D eigenvalue weighted by Gasteiger charge is 2.70. The largest absolute Gasteiger partial charge is 0.299 e. The van der Waals surface area contributed by atoms with Crippen LogP contribution < -0.4 is 0 Å². The van der Waals surface area contributed by atoms with Gasteiger partial charge in [-0.3, -0.25) is 14.4 Å². The number of fused-ring (bicyclic) bond motifs is 7. The SMILES string of the molecule is CC1(C)CC[C@H]2C(=O)C[C@]3(C)C(=CC(=O)[C@@H]4[C@@]5(C)CCC(=O)C(C)(C)[C@@H]5CC[C@]43C)[C@@H]2C1. The molecule has 4 fully saturated rings. The zero-order chi connectivity index (χ0) is 23.5. The molecule has 176 valence electrons. The van der Waals surface area contributed by atoms with E-state index in [4.69, 9.17) is 0 Å². The van der Waals surface area contributed by atoms with Gasteiger partial charge in [0, 0.05) is 35.5 Å². The first-order valence-electron chi connectivity index (χ1n) is 13.0. The van der Waals surface area contributed by atoms with Crippen LogP contribution in [0.2, 0.25) is 0 Å². The van der Waals surface area contributed by atoms with Gasteiger partial charge in [-0.05, 0) is 72.7 Å². The van der Waals surface area contributed by atoms with Gasteiger partial charge in [0.2, 0.25) is 0 Å². The number of hydrogen-bond donors (Lipinski definition) is 0. The van der Waals surface area contributed by atoms with Gasteiger partial charge in [-0.2, -0.15) is 0 Å². The summed E-state index contributed by atoms with van der Waals surface area (Å²) in [7, 11) is 0. The lowest BCUT2D eigenvalue weighted by Gasteiger charge is -2.68. The normalized spacial score (nSPS) is 49.3. The van der Waals surface area contributed by atoms with Gasteiger partial charge in [-0.1, -0.05) is 54.0 Å². The second kappa shape index (κ2) is 6.45. The van der Waals surface area contributed by atoms with Crippen molar-refractivity contribution in [2.75, 3.05) is 0 Å². The molecule has 0 unspecified atom stereocenters. The summed E-state index contributed by atoms with van der Waals surface area (Å²) < 4.78 is 0. The predicted molar refractivity (Wildman–Crippen MR) is 126 cm³/mol. The fraction of sp³-hybridized carbons (Fsp3) is 0.828.